The number of ketones is 1. The molecule has 0 aliphatic carbocycles. The van der Waals surface area contributed by atoms with E-state index in [1.807, 2.05) is 18.2 Å². The minimum atomic E-state index is -0.453. The van der Waals surface area contributed by atoms with Gasteiger partial charge in [0.2, 0.25) is 5.78 Å². The predicted molar refractivity (Wildman–Crippen MR) is 56.3 cm³/mol. The van der Waals surface area contributed by atoms with Crippen LogP contribution in [-0.4, -0.2) is 35.2 Å². The van der Waals surface area contributed by atoms with Crippen molar-refractivity contribution in [3.05, 3.63) is 30.1 Å². The Morgan fingerprint density at radius 1 is 1.40 bits per heavy atom. The summed E-state index contributed by atoms with van der Waals surface area (Å²) in [6, 6.07) is 5.63. The van der Waals surface area contributed by atoms with E-state index in [4.69, 9.17) is 0 Å². The predicted octanol–water partition coefficient (Wildman–Crippen LogP) is 0.671. The Bertz CT molecular complexity index is 349. The average Bonchev–Trinajstić information content (AvgIpc) is 2.26. The van der Waals surface area contributed by atoms with E-state index in [1.165, 1.54) is 11.8 Å². The smallest absolute Gasteiger partial charge is 0.289 e. The van der Waals surface area contributed by atoms with Gasteiger partial charge in [0, 0.05) is 38.8 Å². The van der Waals surface area contributed by atoms with Gasteiger partial charge in [-0.25, -0.2) is 0 Å². The third-order valence-corrected chi connectivity index (χ3v) is 2.08. The number of nitrogens with zero attached hydrogens (tertiary/aromatic N) is 2. The molecule has 1 amide bonds. The van der Waals surface area contributed by atoms with Crippen molar-refractivity contribution in [2.45, 2.75) is 13.3 Å². The van der Waals surface area contributed by atoms with Gasteiger partial charge >= 0.3 is 0 Å². The van der Waals surface area contributed by atoms with Crippen molar-refractivity contribution in [1.29, 1.82) is 0 Å². The molecule has 0 spiro atoms. The monoisotopic (exact) mass is 206 g/mol. The number of hydrogen-bond acceptors (Lipinski definition) is 3. The molecular formula is C11H14N2O2. The summed E-state index contributed by atoms with van der Waals surface area (Å²) in [6.07, 6.45) is 2.37. The first-order valence-corrected chi connectivity index (χ1v) is 4.77. The Morgan fingerprint density at radius 2 is 2.13 bits per heavy atom. The van der Waals surface area contributed by atoms with Crippen LogP contribution in [-0.2, 0) is 16.0 Å². The van der Waals surface area contributed by atoms with Gasteiger partial charge in [0.1, 0.15) is 0 Å². The Morgan fingerprint density at radius 3 is 2.67 bits per heavy atom. The molecule has 4 heteroatoms. The highest BCUT2D eigenvalue weighted by atomic mass is 16.2. The van der Waals surface area contributed by atoms with Crippen molar-refractivity contribution in [3.63, 3.8) is 0 Å². The number of likely N-dealkylation sites (N-methyl/N-ethyl adjacent to an activating group) is 1. The highest BCUT2D eigenvalue weighted by molar-refractivity contribution is 6.34. The molecule has 1 aromatic heterocycles. The van der Waals surface area contributed by atoms with Crippen LogP contribution in [0.1, 0.15) is 12.6 Å². The summed E-state index contributed by atoms with van der Waals surface area (Å²) in [5.41, 5.74) is 0.917. The van der Waals surface area contributed by atoms with Crippen molar-refractivity contribution in [3.8, 4) is 0 Å². The summed E-state index contributed by atoms with van der Waals surface area (Å²) in [7, 11) is 1.62. The number of Topliss-reactive ketones (excluding diaryl/α,β-unsaturated/α-hetero) is 1. The molecule has 0 fully saturated rings. The Balaban J connectivity index is 2.44. The zero-order valence-electron chi connectivity index (χ0n) is 8.93. The number of hydrogen-bond donors (Lipinski definition) is 0. The number of amides is 1. The lowest BCUT2D eigenvalue weighted by molar-refractivity contribution is -0.142. The first kappa shape index (κ1) is 11.4. The fourth-order valence-electron chi connectivity index (χ4n) is 1.20. The van der Waals surface area contributed by atoms with Crippen LogP contribution >= 0.6 is 0 Å². The lowest BCUT2D eigenvalue weighted by Crippen LogP contribution is -2.33. The summed E-state index contributed by atoms with van der Waals surface area (Å²) >= 11 is 0. The maximum atomic E-state index is 11.2. The molecule has 1 heterocycles. The number of rotatable bonds is 4. The maximum absolute atomic E-state index is 11.2. The molecule has 1 rings (SSSR count). The van der Waals surface area contributed by atoms with Gasteiger partial charge in [-0.3, -0.25) is 14.6 Å². The van der Waals surface area contributed by atoms with E-state index in [2.05, 4.69) is 4.98 Å². The van der Waals surface area contributed by atoms with Crippen LogP contribution in [0.2, 0.25) is 0 Å². The van der Waals surface area contributed by atoms with Gasteiger partial charge in [0.05, 0.1) is 0 Å². The van der Waals surface area contributed by atoms with E-state index in [1.54, 1.807) is 13.2 Å². The van der Waals surface area contributed by atoms with E-state index >= 15 is 0 Å². The number of pyridine rings is 1. The van der Waals surface area contributed by atoms with Gasteiger partial charge in [-0.1, -0.05) is 6.07 Å². The molecule has 4 nitrogen and oxygen atoms in total. The fraction of sp³-hybridized carbons (Fsp3) is 0.364. The molecule has 0 unspecified atom stereocenters. The third-order valence-electron chi connectivity index (χ3n) is 2.08. The second-order valence-corrected chi connectivity index (χ2v) is 3.35. The van der Waals surface area contributed by atoms with Crippen LogP contribution < -0.4 is 0 Å². The largest absolute Gasteiger partial charge is 0.339 e. The molecule has 0 atom stereocenters. The van der Waals surface area contributed by atoms with Crippen molar-refractivity contribution in [2.24, 2.45) is 0 Å². The topological polar surface area (TPSA) is 50.3 Å². The first-order valence-electron chi connectivity index (χ1n) is 4.77. The summed E-state index contributed by atoms with van der Waals surface area (Å²) in [4.78, 5) is 27.6. The molecular weight excluding hydrogens is 192 g/mol. The van der Waals surface area contributed by atoms with Crippen molar-refractivity contribution >= 4 is 11.7 Å². The van der Waals surface area contributed by atoms with E-state index in [-0.39, 0.29) is 0 Å². The Kier molecular flexibility index (Phi) is 3.97. The lowest BCUT2D eigenvalue weighted by atomic mass is 10.2. The van der Waals surface area contributed by atoms with E-state index in [9.17, 15) is 9.59 Å². The molecule has 0 saturated carbocycles. The minimum Gasteiger partial charge on any atom is -0.339 e. The van der Waals surface area contributed by atoms with Gasteiger partial charge in [-0.05, 0) is 12.1 Å². The summed E-state index contributed by atoms with van der Waals surface area (Å²) in [5, 5.41) is 0. The SMILES string of the molecule is CC(=O)C(=O)N(C)CCc1ccccn1. The Labute approximate surface area is 88.9 Å². The fourth-order valence-corrected chi connectivity index (χ4v) is 1.20. The molecule has 0 aromatic carbocycles. The molecule has 0 N–H and O–H groups in total. The maximum Gasteiger partial charge on any atom is 0.289 e. The number of carbonyl (C=O) groups excluding carboxylic acids is 2. The van der Waals surface area contributed by atoms with Gasteiger partial charge in [0.25, 0.3) is 5.91 Å². The molecule has 15 heavy (non-hydrogen) atoms. The van der Waals surface area contributed by atoms with Crippen LogP contribution in [0, 0.1) is 0 Å². The van der Waals surface area contributed by atoms with Crippen molar-refractivity contribution < 1.29 is 9.59 Å². The standard InChI is InChI=1S/C11H14N2O2/c1-9(14)11(15)13(2)8-6-10-5-3-4-7-12-10/h3-5,7H,6,8H2,1-2H3. The molecule has 0 saturated heterocycles. The molecule has 80 valence electrons. The second-order valence-electron chi connectivity index (χ2n) is 3.35. The van der Waals surface area contributed by atoms with Crippen LogP contribution in [0.25, 0.3) is 0 Å². The quantitative estimate of drug-likeness (QED) is 0.680. The van der Waals surface area contributed by atoms with Gasteiger partial charge in [-0.2, -0.15) is 0 Å². The number of aromatic nitrogens is 1. The zero-order chi connectivity index (χ0) is 11.3. The van der Waals surface area contributed by atoms with Crippen LogP contribution in [0.5, 0.6) is 0 Å². The number of carbonyl (C=O) groups is 2. The van der Waals surface area contributed by atoms with Gasteiger partial charge in [-0.15, -0.1) is 0 Å². The highest BCUT2D eigenvalue weighted by Gasteiger charge is 2.13. The third kappa shape index (κ3) is 3.50. The molecule has 1 aromatic rings. The zero-order valence-corrected chi connectivity index (χ0v) is 8.93. The van der Waals surface area contributed by atoms with Crippen LogP contribution in [0.3, 0.4) is 0 Å². The highest BCUT2D eigenvalue weighted by Crippen LogP contribution is 1.97. The Hall–Kier alpha value is -1.71. The normalized spacial score (nSPS) is 9.73. The van der Waals surface area contributed by atoms with Gasteiger partial charge < -0.3 is 4.90 Å². The van der Waals surface area contributed by atoms with Crippen LogP contribution in [0.4, 0.5) is 0 Å². The molecule has 0 radical (unpaired) electrons. The summed E-state index contributed by atoms with van der Waals surface area (Å²) < 4.78 is 0. The summed E-state index contributed by atoms with van der Waals surface area (Å²) in [6.45, 7) is 1.79. The van der Waals surface area contributed by atoms with E-state index in [0.29, 0.717) is 13.0 Å². The van der Waals surface area contributed by atoms with Gasteiger partial charge in [0.15, 0.2) is 0 Å². The van der Waals surface area contributed by atoms with Crippen molar-refractivity contribution in [2.75, 3.05) is 13.6 Å². The average molecular weight is 206 g/mol. The van der Waals surface area contributed by atoms with E-state index < -0.39 is 11.7 Å². The molecule has 0 bridgehead atoms. The minimum absolute atomic E-state index is 0.432. The summed E-state index contributed by atoms with van der Waals surface area (Å²) in [5.74, 6) is -0.885. The second kappa shape index (κ2) is 5.24. The van der Waals surface area contributed by atoms with Crippen LogP contribution in [0.15, 0.2) is 24.4 Å². The molecule has 0 aliphatic rings. The first-order chi connectivity index (χ1) is 7.11. The lowest BCUT2D eigenvalue weighted by Gasteiger charge is -2.14. The molecule has 0 aliphatic heterocycles. The van der Waals surface area contributed by atoms with E-state index in [0.717, 1.165) is 5.69 Å². The van der Waals surface area contributed by atoms with Crippen molar-refractivity contribution in [1.82, 2.24) is 9.88 Å².